The van der Waals surface area contributed by atoms with E-state index >= 15 is 0 Å². The molecule has 1 aromatic carbocycles. The molecule has 0 heterocycles. The van der Waals surface area contributed by atoms with E-state index in [0.29, 0.717) is 5.75 Å². The fraction of sp³-hybridized carbons (Fsp3) is 0.533. The summed E-state index contributed by atoms with van der Waals surface area (Å²) in [6, 6.07) is 5.82. The Morgan fingerprint density at radius 1 is 1.28 bits per heavy atom. The van der Waals surface area contributed by atoms with Crippen molar-refractivity contribution in [2.24, 2.45) is 4.99 Å². The van der Waals surface area contributed by atoms with Crippen LogP contribution >= 0.6 is 0 Å². The number of phenols is 1. The Hall–Kier alpha value is -1.35. The molecule has 1 rings (SSSR count). The summed E-state index contributed by atoms with van der Waals surface area (Å²) in [6.07, 6.45) is 1.76. The largest absolute Gasteiger partial charge is 0.507 e. The number of rotatable bonds is 4. The van der Waals surface area contributed by atoms with Gasteiger partial charge in [-0.3, -0.25) is 4.99 Å². The standard InChI is InChI=1S/C15H24N2O/c1-15(2,3)13-8-6-7-12(14(13)18)11-16-9-10-17(4)5/h6-8,11,18H,9-10H2,1-5H3. The lowest BCUT2D eigenvalue weighted by molar-refractivity contribution is 0.420. The molecule has 18 heavy (non-hydrogen) atoms. The molecule has 0 amide bonds. The number of aromatic hydroxyl groups is 1. The SMILES string of the molecule is CN(C)CCN=Cc1cccc(C(C)(C)C)c1O. The van der Waals surface area contributed by atoms with Crippen molar-refractivity contribution >= 4 is 6.21 Å². The van der Waals surface area contributed by atoms with Crippen molar-refractivity contribution in [3.05, 3.63) is 29.3 Å². The van der Waals surface area contributed by atoms with Crippen molar-refractivity contribution in [1.82, 2.24) is 4.90 Å². The highest BCUT2D eigenvalue weighted by molar-refractivity contribution is 5.84. The number of hydrogen-bond donors (Lipinski definition) is 1. The van der Waals surface area contributed by atoms with Crippen molar-refractivity contribution in [2.45, 2.75) is 26.2 Å². The molecular formula is C15H24N2O. The molecule has 1 aromatic rings. The van der Waals surface area contributed by atoms with Crippen LogP contribution in [0.2, 0.25) is 0 Å². The maximum atomic E-state index is 10.2. The smallest absolute Gasteiger partial charge is 0.128 e. The predicted octanol–water partition coefficient (Wildman–Crippen LogP) is 2.67. The van der Waals surface area contributed by atoms with Gasteiger partial charge in [-0.25, -0.2) is 0 Å². The Labute approximate surface area is 110 Å². The molecule has 0 aliphatic carbocycles. The lowest BCUT2D eigenvalue weighted by Crippen LogP contribution is -2.15. The van der Waals surface area contributed by atoms with Crippen molar-refractivity contribution < 1.29 is 5.11 Å². The maximum absolute atomic E-state index is 10.2. The van der Waals surface area contributed by atoms with Gasteiger partial charge in [-0.1, -0.05) is 32.9 Å². The Morgan fingerprint density at radius 2 is 1.94 bits per heavy atom. The minimum Gasteiger partial charge on any atom is -0.507 e. The van der Waals surface area contributed by atoms with Crippen LogP contribution in [0, 0.1) is 0 Å². The van der Waals surface area contributed by atoms with E-state index in [1.54, 1.807) is 6.21 Å². The van der Waals surface area contributed by atoms with Crippen LogP contribution in [0.3, 0.4) is 0 Å². The molecule has 3 nitrogen and oxygen atoms in total. The van der Waals surface area contributed by atoms with E-state index in [9.17, 15) is 5.11 Å². The van der Waals surface area contributed by atoms with Gasteiger partial charge in [0.1, 0.15) is 5.75 Å². The number of likely N-dealkylation sites (N-methyl/N-ethyl adjacent to an activating group) is 1. The third kappa shape index (κ3) is 4.15. The first kappa shape index (κ1) is 14.7. The molecule has 100 valence electrons. The van der Waals surface area contributed by atoms with E-state index in [0.717, 1.165) is 24.2 Å². The average Bonchev–Trinajstić information content (AvgIpc) is 2.24. The van der Waals surface area contributed by atoms with E-state index < -0.39 is 0 Å². The van der Waals surface area contributed by atoms with Crippen molar-refractivity contribution in [1.29, 1.82) is 0 Å². The van der Waals surface area contributed by atoms with Gasteiger partial charge in [-0.05, 0) is 31.1 Å². The molecule has 0 spiro atoms. The van der Waals surface area contributed by atoms with Crippen LogP contribution in [-0.4, -0.2) is 43.4 Å². The molecule has 0 unspecified atom stereocenters. The molecule has 0 radical (unpaired) electrons. The van der Waals surface area contributed by atoms with E-state index in [2.05, 4.69) is 30.7 Å². The first-order chi connectivity index (χ1) is 8.32. The first-order valence-corrected chi connectivity index (χ1v) is 6.29. The number of benzene rings is 1. The third-order valence-electron chi connectivity index (χ3n) is 2.78. The highest BCUT2D eigenvalue weighted by Gasteiger charge is 2.18. The Bertz CT molecular complexity index is 417. The van der Waals surface area contributed by atoms with E-state index in [4.69, 9.17) is 0 Å². The summed E-state index contributed by atoms with van der Waals surface area (Å²) in [7, 11) is 4.04. The normalized spacial score (nSPS) is 12.6. The maximum Gasteiger partial charge on any atom is 0.128 e. The number of aliphatic imine (C=N–C) groups is 1. The lowest BCUT2D eigenvalue weighted by atomic mass is 9.85. The van der Waals surface area contributed by atoms with Gasteiger partial charge >= 0.3 is 0 Å². The molecule has 0 aliphatic rings. The number of hydrogen-bond acceptors (Lipinski definition) is 3. The van der Waals surface area contributed by atoms with Gasteiger partial charge in [0.2, 0.25) is 0 Å². The van der Waals surface area contributed by atoms with Gasteiger partial charge in [0, 0.05) is 18.3 Å². The second-order valence-electron chi connectivity index (χ2n) is 5.83. The summed E-state index contributed by atoms with van der Waals surface area (Å²) in [5, 5.41) is 10.2. The highest BCUT2D eigenvalue weighted by Crippen LogP contribution is 2.32. The fourth-order valence-corrected chi connectivity index (χ4v) is 1.69. The van der Waals surface area contributed by atoms with Crippen LogP contribution in [0.25, 0.3) is 0 Å². The van der Waals surface area contributed by atoms with Crippen LogP contribution < -0.4 is 0 Å². The molecule has 0 saturated heterocycles. The molecule has 1 N–H and O–H groups in total. The van der Waals surface area contributed by atoms with E-state index in [-0.39, 0.29) is 5.41 Å². The van der Waals surface area contributed by atoms with E-state index in [1.165, 1.54) is 0 Å². The van der Waals surface area contributed by atoms with Crippen LogP contribution in [0.4, 0.5) is 0 Å². The molecule has 0 fully saturated rings. The quantitative estimate of drug-likeness (QED) is 0.832. The van der Waals surface area contributed by atoms with Crippen LogP contribution in [-0.2, 0) is 5.41 Å². The number of nitrogens with zero attached hydrogens (tertiary/aromatic N) is 2. The summed E-state index contributed by atoms with van der Waals surface area (Å²) in [6.45, 7) is 7.93. The third-order valence-corrected chi connectivity index (χ3v) is 2.78. The van der Waals surface area contributed by atoms with Crippen molar-refractivity contribution in [3.8, 4) is 5.75 Å². The minimum absolute atomic E-state index is 0.0580. The summed E-state index contributed by atoms with van der Waals surface area (Å²) < 4.78 is 0. The zero-order valence-corrected chi connectivity index (χ0v) is 12.1. The summed E-state index contributed by atoms with van der Waals surface area (Å²) in [5.41, 5.74) is 1.69. The van der Waals surface area contributed by atoms with Crippen molar-refractivity contribution in [3.63, 3.8) is 0 Å². The van der Waals surface area contributed by atoms with Gasteiger partial charge in [0.25, 0.3) is 0 Å². The zero-order chi connectivity index (χ0) is 13.8. The molecule has 0 atom stereocenters. The Kier molecular flexibility index (Phi) is 4.91. The number of phenolic OH excluding ortho intramolecular Hbond substituents is 1. The summed E-state index contributed by atoms with van der Waals surface area (Å²) in [4.78, 5) is 6.43. The van der Waals surface area contributed by atoms with Gasteiger partial charge in [0.15, 0.2) is 0 Å². The lowest BCUT2D eigenvalue weighted by Gasteiger charge is -2.21. The fourth-order valence-electron chi connectivity index (χ4n) is 1.69. The minimum atomic E-state index is -0.0580. The monoisotopic (exact) mass is 248 g/mol. The second-order valence-corrected chi connectivity index (χ2v) is 5.83. The topological polar surface area (TPSA) is 35.8 Å². The van der Waals surface area contributed by atoms with Crippen LogP contribution in [0.15, 0.2) is 23.2 Å². The first-order valence-electron chi connectivity index (χ1n) is 6.29. The van der Waals surface area contributed by atoms with Crippen LogP contribution in [0.5, 0.6) is 5.75 Å². The van der Waals surface area contributed by atoms with E-state index in [1.807, 2.05) is 32.3 Å². The highest BCUT2D eigenvalue weighted by atomic mass is 16.3. The van der Waals surface area contributed by atoms with Gasteiger partial charge in [-0.15, -0.1) is 0 Å². The molecule has 0 saturated carbocycles. The Balaban J connectivity index is 2.85. The molecule has 0 aliphatic heterocycles. The van der Waals surface area contributed by atoms with Gasteiger partial charge < -0.3 is 10.0 Å². The Morgan fingerprint density at radius 3 is 2.50 bits per heavy atom. The summed E-state index contributed by atoms with van der Waals surface area (Å²) >= 11 is 0. The zero-order valence-electron chi connectivity index (χ0n) is 12.1. The average molecular weight is 248 g/mol. The summed E-state index contributed by atoms with van der Waals surface area (Å²) in [5.74, 6) is 0.346. The molecule has 0 bridgehead atoms. The van der Waals surface area contributed by atoms with Crippen LogP contribution in [0.1, 0.15) is 31.9 Å². The van der Waals surface area contributed by atoms with Crippen molar-refractivity contribution in [2.75, 3.05) is 27.2 Å². The molecule has 3 heteroatoms. The van der Waals surface area contributed by atoms with Gasteiger partial charge in [0.05, 0.1) is 6.54 Å². The molecular weight excluding hydrogens is 224 g/mol. The second kappa shape index (κ2) is 6.01. The van der Waals surface area contributed by atoms with Gasteiger partial charge in [-0.2, -0.15) is 0 Å². The number of para-hydroxylation sites is 1. The molecule has 0 aromatic heterocycles. The predicted molar refractivity (Wildman–Crippen MR) is 77.8 cm³/mol.